The number of benzene rings is 1. The van der Waals surface area contributed by atoms with Crippen molar-refractivity contribution < 1.29 is 0 Å². The minimum absolute atomic E-state index is 0.761. The molecule has 0 saturated carbocycles. The highest BCUT2D eigenvalue weighted by Crippen LogP contribution is 2.19. The van der Waals surface area contributed by atoms with Crippen molar-refractivity contribution in [1.82, 2.24) is 9.59 Å². The van der Waals surface area contributed by atoms with Crippen molar-refractivity contribution in [2.75, 3.05) is 5.32 Å². The summed E-state index contributed by atoms with van der Waals surface area (Å²) in [7, 11) is 0. The molecule has 1 heterocycles. The highest BCUT2D eigenvalue weighted by atomic mass is 32.1. The van der Waals surface area contributed by atoms with Crippen molar-refractivity contribution in [2.45, 2.75) is 6.92 Å². The fourth-order valence-corrected chi connectivity index (χ4v) is 1.78. The Morgan fingerprint density at radius 3 is 3.15 bits per heavy atom. The smallest absolute Gasteiger partial charge is 0.106 e. The number of hydrogen-bond donors (Lipinski definition) is 1. The molecule has 0 bridgehead atoms. The van der Waals surface area contributed by atoms with Crippen molar-refractivity contribution in [3.8, 4) is 0 Å². The SMILES string of the molecule is CC(=S)Nc1ccc2nnsc2c1. The van der Waals surface area contributed by atoms with Gasteiger partial charge in [0.05, 0.1) is 9.69 Å². The Morgan fingerprint density at radius 2 is 2.38 bits per heavy atom. The molecule has 1 N–H and O–H groups in total. The van der Waals surface area contributed by atoms with Gasteiger partial charge in [-0.05, 0) is 36.7 Å². The van der Waals surface area contributed by atoms with E-state index in [0.29, 0.717) is 0 Å². The van der Waals surface area contributed by atoms with E-state index in [1.54, 1.807) is 0 Å². The van der Waals surface area contributed by atoms with E-state index in [9.17, 15) is 0 Å². The molecule has 0 aliphatic rings. The largest absolute Gasteiger partial charge is 0.350 e. The van der Waals surface area contributed by atoms with Gasteiger partial charge < -0.3 is 5.32 Å². The average Bonchev–Trinajstić information content (AvgIpc) is 2.49. The molecular formula is C8H7N3S2. The van der Waals surface area contributed by atoms with Crippen LogP contribution in [0.5, 0.6) is 0 Å². The second kappa shape index (κ2) is 3.35. The Morgan fingerprint density at radius 1 is 1.54 bits per heavy atom. The third-order valence-electron chi connectivity index (χ3n) is 1.57. The van der Waals surface area contributed by atoms with Crippen LogP contribution in [0.1, 0.15) is 6.92 Å². The van der Waals surface area contributed by atoms with Gasteiger partial charge in [0.25, 0.3) is 0 Å². The van der Waals surface area contributed by atoms with E-state index in [1.165, 1.54) is 11.5 Å². The molecule has 0 unspecified atom stereocenters. The number of nitrogens with zero attached hydrogens (tertiary/aromatic N) is 2. The fraction of sp³-hybridized carbons (Fsp3) is 0.125. The summed E-state index contributed by atoms with van der Waals surface area (Å²) in [5.41, 5.74) is 1.92. The molecule has 0 fully saturated rings. The molecule has 0 radical (unpaired) electrons. The number of hydrogen-bond acceptors (Lipinski definition) is 4. The van der Waals surface area contributed by atoms with E-state index < -0.39 is 0 Å². The summed E-state index contributed by atoms with van der Waals surface area (Å²) in [4.78, 5) is 0.761. The predicted octanol–water partition coefficient (Wildman–Crippen LogP) is 2.45. The second-order valence-corrected chi connectivity index (χ2v) is 4.03. The van der Waals surface area contributed by atoms with E-state index in [1.807, 2.05) is 25.1 Å². The number of fused-ring (bicyclic) bond motifs is 1. The van der Waals surface area contributed by atoms with E-state index in [0.717, 1.165) is 20.9 Å². The maximum atomic E-state index is 4.94. The minimum atomic E-state index is 0.761. The lowest BCUT2D eigenvalue weighted by Gasteiger charge is -2.01. The molecule has 2 aromatic rings. The first-order valence-corrected chi connectivity index (χ1v) is 4.93. The van der Waals surface area contributed by atoms with Crippen LogP contribution >= 0.6 is 23.8 Å². The molecule has 2 rings (SSSR count). The maximum Gasteiger partial charge on any atom is 0.106 e. The van der Waals surface area contributed by atoms with Crippen molar-refractivity contribution in [1.29, 1.82) is 0 Å². The monoisotopic (exact) mass is 209 g/mol. The third kappa shape index (κ3) is 1.81. The fourth-order valence-electron chi connectivity index (χ4n) is 1.06. The van der Waals surface area contributed by atoms with Crippen LogP contribution < -0.4 is 5.32 Å². The first kappa shape index (κ1) is 8.52. The lowest BCUT2D eigenvalue weighted by Crippen LogP contribution is -2.02. The highest BCUT2D eigenvalue weighted by molar-refractivity contribution is 7.80. The van der Waals surface area contributed by atoms with Gasteiger partial charge in [-0.3, -0.25) is 0 Å². The number of anilines is 1. The minimum Gasteiger partial charge on any atom is -0.350 e. The van der Waals surface area contributed by atoms with E-state index in [4.69, 9.17) is 12.2 Å². The lowest BCUT2D eigenvalue weighted by atomic mass is 10.3. The summed E-state index contributed by atoms with van der Waals surface area (Å²) in [6.07, 6.45) is 0. The van der Waals surface area contributed by atoms with Crippen LogP contribution in [0.4, 0.5) is 5.69 Å². The average molecular weight is 209 g/mol. The summed E-state index contributed by atoms with van der Waals surface area (Å²) in [6.45, 7) is 1.85. The zero-order chi connectivity index (χ0) is 9.26. The van der Waals surface area contributed by atoms with Crippen LogP contribution in [0.15, 0.2) is 18.2 Å². The molecule has 0 saturated heterocycles. The zero-order valence-electron chi connectivity index (χ0n) is 6.94. The molecule has 0 aliphatic carbocycles. The van der Waals surface area contributed by atoms with Crippen molar-refractivity contribution in [3.63, 3.8) is 0 Å². The zero-order valence-corrected chi connectivity index (χ0v) is 8.58. The van der Waals surface area contributed by atoms with Crippen LogP contribution in [0.2, 0.25) is 0 Å². The number of rotatable bonds is 1. The molecule has 1 aromatic carbocycles. The Hall–Kier alpha value is -1.07. The van der Waals surface area contributed by atoms with Crippen molar-refractivity contribution in [2.24, 2.45) is 0 Å². The Labute approximate surface area is 84.9 Å². The van der Waals surface area contributed by atoms with E-state index in [2.05, 4.69) is 14.9 Å². The van der Waals surface area contributed by atoms with Crippen molar-refractivity contribution >= 4 is 44.6 Å². The number of aromatic nitrogens is 2. The van der Waals surface area contributed by atoms with Crippen LogP contribution in [0, 0.1) is 0 Å². The number of nitrogens with one attached hydrogen (secondary N) is 1. The normalized spacial score (nSPS) is 10.2. The molecule has 13 heavy (non-hydrogen) atoms. The number of thiocarbonyl (C=S) groups is 1. The van der Waals surface area contributed by atoms with Crippen LogP contribution in [-0.4, -0.2) is 14.6 Å². The Kier molecular flexibility index (Phi) is 2.20. The van der Waals surface area contributed by atoms with Crippen LogP contribution in [0.3, 0.4) is 0 Å². The third-order valence-corrected chi connectivity index (χ3v) is 2.36. The summed E-state index contributed by atoms with van der Waals surface area (Å²) in [5.74, 6) is 0. The topological polar surface area (TPSA) is 37.8 Å². The maximum absolute atomic E-state index is 4.94. The quantitative estimate of drug-likeness (QED) is 0.732. The van der Waals surface area contributed by atoms with Gasteiger partial charge in [0.2, 0.25) is 0 Å². The van der Waals surface area contributed by atoms with Gasteiger partial charge in [0.15, 0.2) is 0 Å². The summed E-state index contributed by atoms with van der Waals surface area (Å²) in [5, 5.41) is 7.02. The molecule has 1 aromatic heterocycles. The summed E-state index contributed by atoms with van der Waals surface area (Å²) >= 11 is 6.32. The molecular weight excluding hydrogens is 202 g/mol. The Bertz CT molecular complexity index is 449. The Balaban J connectivity index is 2.42. The van der Waals surface area contributed by atoms with E-state index >= 15 is 0 Å². The second-order valence-electron chi connectivity index (χ2n) is 2.64. The standard InChI is InChI=1S/C8H7N3S2/c1-5(12)9-6-2-3-7-8(4-6)13-11-10-7/h2-4H,1H3,(H,9,12). The summed E-state index contributed by atoms with van der Waals surface area (Å²) < 4.78 is 4.92. The molecule has 66 valence electrons. The van der Waals surface area contributed by atoms with Gasteiger partial charge in [-0.2, -0.15) is 0 Å². The van der Waals surface area contributed by atoms with Gasteiger partial charge in [-0.15, -0.1) is 5.10 Å². The van der Waals surface area contributed by atoms with Gasteiger partial charge in [-0.25, -0.2) is 0 Å². The first-order valence-electron chi connectivity index (χ1n) is 3.75. The molecule has 0 atom stereocenters. The molecule has 0 aliphatic heterocycles. The van der Waals surface area contributed by atoms with Crippen molar-refractivity contribution in [3.05, 3.63) is 18.2 Å². The molecule has 5 heteroatoms. The van der Waals surface area contributed by atoms with Crippen LogP contribution in [-0.2, 0) is 0 Å². The molecule has 0 spiro atoms. The summed E-state index contributed by atoms with van der Waals surface area (Å²) in [6, 6.07) is 5.87. The lowest BCUT2D eigenvalue weighted by molar-refractivity contribution is 1.20. The first-order chi connectivity index (χ1) is 6.25. The van der Waals surface area contributed by atoms with Gasteiger partial charge in [-0.1, -0.05) is 16.7 Å². The van der Waals surface area contributed by atoms with Gasteiger partial charge in [0.1, 0.15) is 5.52 Å². The van der Waals surface area contributed by atoms with Crippen LogP contribution in [0.25, 0.3) is 10.2 Å². The van der Waals surface area contributed by atoms with Gasteiger partial charge in [0, 0.05) is 5.69 Å². The predicted molar refractivity (Wildman–Crippen MR) is 59.3 cm³/mol. The molecule has 0 amide bonds. The molecule has 3 nitrogen and oxygen atoms in total. The van der Waals surface area contributed by atoms with Gasteiger partial charge >= 0.3 is 0 Å². The highest BCUT2D eigenvalue weighted by Gasteiger charge is 1.99. The van der Waals surface area contributed by atoms with E-state index in [-0.39, 0.29) is 0 Å².